The van der Waals surface area contributed by atoms with Crippen molar-refractivity contribution < 1.29 is 14.3 Å². The molecule has 1 saturated heterocycles. The molecule has 2 heterocycles. The van der Waals surface area contributed by atoms with Crippen molar-refractivity contribution in [3.63, 3.8) is 0 Å². The van der Waals surface area contributed by atoms with E-state index < -0.39 is 0 Å². The smallest absolute Gasteiger partial charge is 0.248 e. The fraction of sp³-hybridized carbons (Fsp3) is 0.389. The third-order valence-corrected chi connectivity index (χ3v) is 4.88. The highest BCUT2D eigenvalue weighted by molar-refractivity contribution is 7.07. The number of hydrogen-bond acceptors (Lipinski definition) is 5. The third-order valence-electron chi connectivity index (χ3n) is 4.29. The Kier molecular flexibility index (Phi) is 5.78. The SMILES string of the molecule is COCC(=O)N1CCC[C@H](C(=O)Nc2ccc(-c3cscn3)cc2)C1. The van der Waals surface area contributed by atoms with Crippen LogP contribution in [0.3, 0.4) is 0 Å². The molecule has 1 aromatic carbocycles. The van der Waals surface area contributed by atoms with Crippen LogP contribution < -0.4 is 5.32 Å². The summed E-state index contributed by atoms with van der Waals surface area (Å²) in [4.78, 5) is 30.4. The topological polar surface area (TPSA) is 71.5 Å². The second-order valence-corrected chi connectivity index (χ2v) is 6.77. The van der Waals surface area contributed by atoms with E-state index in [-0.39, 0.29) is 24.3 Å². The normalized spacial score (nSPS) is 17.3. The molecule has 25 heavy (non-hydrogen) atoms. The molecule has 0 saturated carbocycles. The standard InChI is InChI=1S/C18H21N3O3S/c1-24-10-17(22)21-8-2-3-14(9-21)18(23)20-15-6-4-13(5-7-15)16-11-25-12-19-16/h4-7,11-12,14H,2-3,8-10H2,1H3,(H,20,23)/t14-/m0/s1. The summed E-state index contributed by atoms with van der Waals surface area (Å²) in [5.41, 5.74) is 4.50. The molecule has 1 fully saturated rings. The molecule has 132 valence electrons. The number of hydrogen-bond donors (Lipinski definition) is 1. The minimum absolute atomic E-state index is 0.0451. The molecule has 1 aromatic heterocycles. The van der Waals surface area contributed by atoms with Gasteiger partial charge in [0.1, 0.15) is 6.61 Å². The second-order valence-electron chi connectivity index (χ2n) is 6.05. The number of carbonyl (C=O) groups excluding carboxylic acids is 2. The van der Waals surface area contributed by atoms with E-state index in [1.165, 1.54) is 7.11 Å². The molecule has 0 aliphatic carbocycles. The Labute approximate surface area is 150 Å². The zero-order valence-corrected chi connectivity index (χ0v) is 14.9. The van der Waals surface area contributed by atoms with Crippen molar-refractivity contribution in [3.05, 3.63) is 35.2 Å². The molecule has 1 atom stereocenters. The largest absolute Gasteiger partial charge is 0.375 e. The zero-order valence-electron chi connectivity index (χ0n) is 14.1. The molecule has 1 N–H and O–H groups in total. The number of anilines is 1. The van der Waals surface area contributed by atoms with Crippen LogP contribution in [-0.4, -0.2) is 48.5 Å². The van der Waals surface area contributed by atoms with E-state index in [2.05, 4.69) is 10.3 Å². The molecule has 1 aliphatic heterocycles. The maximum absolute atomic E-state index is 12.5. The molecular formula is C18H21N3O3S. The highest BCUT2D eigenvalue weighted by atomic mass is 32.1. The minimum Gasteiger partial charge on any atom is -0.375 e. The number of amides is 2. The fourth-order valence-electron chi connectivity index (χ4n) is 2.96. The van der Waals surface area contributed by atoms with Crippen LogP contribution in [0.5, 0.6) is 0 Å². The molecule has 0 radical (unpaired) electrons. The number of methoxy groups -OCH3 is 1. The monoisotopic (exact) mass is 359 g/mol. The van der Waals surface area contributed by atoms with Gasteiger partial charge >= 0.3 is 0 Å². The number of rotatable bonds is 5. The molecule has 0 bridgehead atoms. The summed E-state index contributed by atoms with van der Waals surface area (Å²) in [6.45, 7) is 1.20. The Bertz CT molecular complexity index is 716. The Hall–Kier alpha value is -2.25. The summed E-state index contributed by atoms with van der Waals surface area (Å²) in [6.07, 6.45) is 1.62. The fourth-order valence-corrected chi connectivity index (χ4v) is 3.52. The summed E-state index contributed by atoms with van der Waals surface area (Å²) in [5, 5.41) is 4.94. The van der Waals surface area contributed by atoms with Crippen LogP contribution in [0.4, 0.5) is 5.69 Å². The molecular weight excluding hydrogens is 338 g/mol. The minimum atomic E-state index is -0.187. The van der Waals surface area contributed by atoms with Crippen molar-refractivity contribution in [3.8, 4) is 11.3 Å². The van der Waals surface area contributed by atoms with Crippen molar-refractivity contribution in [1.82, 2.24) is 9.88 Å². The van der Waals surface area contributed by atoms with Crippen molar-refractivity contribution >= 4 is 28.8 Å². The number of benzene rings is 1. The third kappa shape index (κ3) is 4.43. The molecule has 0 unspecified atom stereocenters. The molecule has 0 spiro atoms. The van der Waals surface area contributed by atoms with Crippen molar-refractivity contribution in [2.45, 2.75) is 12.8 Å². The number of thiazole rings is 1. The van der Waals surface area contributed by atoms with Crippen molar-refractivity contribution in [1.29, 1.82) is 0 Å². The van der Waals surface area contributed by atoms with Crippen LogP contribution in [0.1, 0.15) is 12.8 Å². The second kappa shape index (κ2) is 8.22. The van der Waals surface area contributed by atoms with Gasteiger partial charge in [-0.15, -0.1) is 11.3 Å². The average molecular weight is 359 g/mol. The number of nitrogens with zero attached hydrogens (tertiary/aromatic N) is 2. The highest BCUT2D eigenvalue weighted by Gasteiger charge is 2.28. The van der Waals surface area contributed by atoms with Crippen LogP contribution in [0.2, 0.25) is 0 Å². The van der Waals surface area contributed by atoms with Gasteiger partial charge in [-0.2, -0.15) is 0 Å². The predicted octanol–water partition coefficient (Wildman–Crippen LogP) is 2.63. The maximum atomic E-state index is 12.5. The Morgan fingerprint density at radius 3 is 2.84 bits per heavy atom. The molecule has 2 amide bonds. The summed E-state index contributed by atoms with van der Waals surface area (Å²) in [7, 11) is 1.50. The summed E-state index contributed by atoms with van der Waals surface area (Å²) < 4.78 is 4.89. The van der Waals surface area contributed by atoms with E-state index in [0.717, 1.165) is 29.8 Å². The van der Waals surface area contributed by atoms with Crippen molar-refractivity contribution in [2.24, 2.45) is 5.92 Å². The van der Waals surface area contributed by atoms with Gasteiger partial charge in [-0.05, 0) is 25.0 Å². The van der Waals surface area contributed by atoms with Gasteiger partial charge in [-0.1, -0.05) is 12.1 Å². The quantitative estimate of drug-likeness (QED) is 0.891. The number of aromatic nitrogens is 1. The first kappa shape index (κ1) is 17.6. The number of likely N-dealkylation sites (tertiary alicyclic amines) is 1. The Morgan fingerprint density at radius 1 is 1.36 bits per heavy atom. The van der Waals surface area contributed by atoms with Gasteiger partial charge in [0, 0.05) is 36.8 Å². The van der Waals surface area contributed by atoms with Gasteiger partial charge in [0.05, 0.1) is 17.1 Å². The van der Waals surface area contributed by atoms with E-state index in [4.69, 9.17) is 4.74 Å². The van der Waals surface area contributed by atoms with E-state index >= 15 is 0 Å². The molecule has 3 rings (SSSR count). The van der Waals surface area contributed by atoms with Gasteiger partial charge in [0.2, 0.25) is 11.8 Å². The Morgan fingerprint density at radius 2 is 2.16 bits per heavy atom. The average Bonchev–Trinajstić information content (AvgIpc) is 3.17. The van der Waals surface area contributed by atoms with E-state index in [1.807, 2.05) is 29.6 Å². The maximum Gasteiger partial charge on any atom is 0.248 e. The molecule has 6 nitrogen and oxygen atoms in total. The predicted molar refractivity (Wildman–Crippen MR) is 97.4 cm³/mol. The lowest BCUT2D eigenvalue weighted by molar-refractivity contribution is -0.138. The van der Waals surface area contributed by atoms with Crippen LogP contribution in [0.25, 0.3) is 11.3 Å². The van der Waals surface area contributed by atoms with E-state index in [1.54, 1.807) is 21.7 Å². The summed E-state index contributed by atoms with van der Waals surface area (Å²) in [6, 6.07) is 7.65. The van der Waals surface area contributed by atoms with Gasteiger partial charge in [0.25, 0.3) is 0 Å². The highest BCUT2D eigenvalue weighted by Crippen LogP contribution is 2.23. The first-order chi connectivity index (χ1) is 12.2. The van der Waals surface area contributed by atoms with Gasteiger partial charge in [-0.3, -0.25) is 9.59 Å². The summed E-state index contributed by atoms with van der Waals surface area (Å²) in [5.74, 6) is -0.295. The zero-order chi connectivity index (χ0) is 17.6. The Balaban J connectivity index is 1.59. The number of nitrogens with one attached hydrogen (secondary N) is 1. The molecule has 1 aliphatic rings. The van der Waals surface area contributed by atoms with Crippen LogP contribution in [0, 0.1) is 5.92 Å². The van der Waals surface area contributed by atoms with Crippen LogP contribution in [0.15, 0.2) is 35.2 Å². The lowest BCUT2D eigenvalue weighted by Gasteiger charge is -2.31. The van der Waals surface area contributed by atoms with Crippen LogP contribution in [-0.2, 0) is 14.3 Å². The lowest BCUT2D eigenvalue weighted by Crippen LogP contribution is -2.45. The first-order valence-electron chi connectivity index (χ1n) is 8.23. The van der Waals surface area contributed by atoms with E-state index in [9.17, 15) is 9.59 Å². The van der Waals surface area contributed by atoms with Gasteiger partial charge in [-0.25, -0.2) is 4.98 Å². The first-order valence-corrected chi connectivity index (χ1v) is 9.18. The van der Waals surface area contributed by atoms with E-state index in [0.29, 0.717) is 13.1 Å². The molecule has 7 heteroatoms. The number of carbonyl (C=O) groups is 2. The number of piperidine rings is 1. The van der Waals surface area contributed by atoms with Gasteiger partial charge < -0.3 is 15.0 Å². The number of ether oxygens (including phenoxy) is 1. The van der Waals surface area contributed by atoms with Crippen molar-refractivity contribution in [2.75, 3.05) is 32.1 Å². The van der Waals surface area contributed by atoms with Gasteiger partial charge in [0.15, 0.2) is 0 Å². The molecule has 2 aromatic rings. The summed E-state index contributed by atoms with van der Waals surface area (Å²) >= 11 is 1.55. The van der Waals surface area contributed by atoms with Crippen LogP contribution >= 0.6 is 11.3 Å². The lowest BCUT2D eigenvalue weighted by atomic mass is 9.97.